The first-order valence-electron chi connectivity index (χ1n) is 6.11. The Bertz CT molecular complexity index is 305. The van der Waals surface area contributed by atoms with Gasteiger partial charge in [0.15, 0.2) is 0 Å². The first kappa shape index (κ1) is 13.3. The molecule has 3 nitrogen and oxygen atoms in total. The van der Waals surface area contributed by atoms with E-state index in [9.17, 15) is 9.90 Å². The number of nitrogens with zero attached hydrogens (tertiary/aromatic N) is 1. The zero-order chi connectivity index (χ0) is 12.3. The maximum Gasteiger partial charge on any atom is 0.333 e. The third kappa shape index (κ3) is 2.87. The zero-order valence-electron chi connectivity index (χ0n) is 10.8. The van der Waals surface area contributed by atoms with E-state index in [1.807, 2.05) is 0 Å². The van der Waals surface area contributed by atoms with Crippen molar-refractivity contribution < 1.29 is 9.90 Å². The molecule has 1 N–H and O–H groups in total. The lowest BCUT2D eigenvalue weighted by atomic mass is 9.96. The summed E-state index contributed by atoms with van der Waals surface area (Å²) in [4.78, 5) is 11.2. The van der Waals surface area contributed by atoms with E-state index in [-0.39, 0.29) is 0 Å². The lowest BCUT2D eigenvalue weighted by Crippen LogP contribution is -2.46. The van der Waals surface area contributed by atoms with Gasteiger partial charge >= 0.3 is 5.97 Å². The molecular weight excluding hydrogens is 218 g/mol. The Hall–Kier alpha value is -0.773. The number of hydrogen-bond donors (Lipinski definition) is 1. The van der Waals surface area contributed by atoms with Crippen LogP contribution in [-0.4, -0.2) is 30.4 Å². The number of carbonyl (C=O) groups is 1. The van der Waals surface area contributed by atoms with Gasteiger partial charge in [0.1, 0.15) is 8.24 Å². The van der Waals surface area contributed by atoms with Crippen molar-refractivity contribution >= 4 is 14.2 Å². The Morgan fingerprint density at radius 1 is 1.31 bits per heavy atom. The number of rotatable bonds is 4. The van der Waals surface area contributed by atoms with Crippen LogP contribution in [0, 0.1) is 0 Å². The second-order valence-electron chi connectivity index (χ2n) is 5.35. The van der Waals surface area contributed by atoms with Crippen LogP contribution < -0.4 is 0 Å². The minimum atomic E-state index is -1.45. The van der Waals surface area contributed by atoms with E-state index < -0.39 is 14.2 Å². The van der Waals surface area contributed by atoms with Crippen molar-refractivity contribution in [2.45, 2.75) is 52.2 Å². The van der Waals surface area contributed by atoms with Crippen molar-refractivity contribution in [2.75, 3.05) is 6.54 Å². The predicted octanol–water partition coefficient (Wildman–Crippen LogP) is 3.06. The summed E-state index contributed by atoms with van der Waals surface area (Å²) in [6.07, 6.45) is 3.84. The molecule has 0 amide bonds. The minimum Gasteiger partial charge on any atom is -0.478 e. The molecule has 0 fully saturated rings. The van der Waals surface area contributed by atoms with Gasteiger partial charge in [0.05, 0.1) is 5.57 Å². The second kappa shape index (κ2) is 5.04. The monoisotopic (exact) mass is 241 g/mol. The van der Waals surface area contributed by atoms with E-state index in [4.69, 9.17) is 0 Å². The van der Waals surface area contributed by atoms with Gasteiger partial charge in [0, 0.05) is 12.2 Å². The van der Waals surface area contributed by atoms with Crippen LogP contribution in [0.2, 0.25) is 19.6 Å². The molecule has 0 aliphatic heterocycles. The zero-order valence-corrected chi connectivity index (χ0v) is 11.8. The molecule has 0 radical (unpaired) electrons. The fraction of sp³-hybridized carbons (Fsp3) is 0.750. The van der Waals surface area contributed by atoms with Crippen LogP contribution in [0.25, 0.3) is 0 Å². The van der Waals surface area contributed by atoms with Crippen molar-refractivity contribution in [2.24, 2.45) is 0 Å². The molecule has 0 unspecified atom stereocenters. The number of carboxylic acids is 1. The van der Waals surface area contributed by atoms with E-state index in [2.05, 4.69) is 31.1 Å². The molecule has 4 heteroatoms. The summed E-state index contributed by atoms with van der Waals surface area (Å²) in [7, 11) is -1.45. The number of aliphatic carboxylic acids is 1. The molecule has 1 aliphatic carbocycles. The number of hydrogen-bond acceptors (Lipinski definition) is 2. The standard InChI is InChI=1S/C12H23NO2Si/c1-5-13(16(2,3)4)11-9-7-6-8-10(11)12(14)15/h5-9H2,1-4H3,(H,14,15). The maximum atomic E-state index is 11.2. The topological polar surface area (TPSA) is 40.5 Å². The van der Waals surface area contributed by atoms with Gasteiger partial charge in [-0.15, -0.1) is 0 Å². The van der Waals surface area contributed by atoms with E-state index in [1.165, 1.54) is 0 Å². The molecule has 0 bridgehead atoms. The smallest absolute Gasteiger partial charge is 0.333 e. The molecule has 0 aromatic rings. The molecule has 1 rings (SSSR count). The van der Waals surface area contributed by atoms with Gasteiger partial charge in [0.25, 0.3) is 0 Å². The first-order chi connectivity index (χ1) is 7.38. The quantitative estimate of drug-likeness (QED) is 0.769. The van der Waals surface area contributed by atoms with E-state index in [1.54, 1.807) is 0 Å². The van der Waals surface area contributed by atoms with Crippen LogP contribution >= 0.6 is 0 Å². The molecule has 0 aromatic heterocycles. The molecule has 0 heterocycles. The summed E-state index contributed by atoms with van der Waals surface area (Å²) in [5, 5.41) is 9.25. The van der Waals surface area contributed by atoms with Crippen LogP contribution in [-0.2, 0) is 4.79 Å². The summed E-state index contributed by atoms with van der Waals surface area (Å²) >= 11 is 0. The molecule has 0 aromatic carbocycles. The average molecular weight is 241 g/mol. The maximum absolute atomic E-state index is 11.2. The van der Waals surface area contributed by atoms with Crippen LogP contribution in [0.5, 0.6) is 0 Å². The van der Waals surface area contributed by atoms with Gasteiger partial charge in [-0.1, -0.05) is 19.6 Å². The number of carboxylic acid groups (broad SMARTS) is 1. The van der Waals surface area contributed by atoms with Crippen molar-refractivity contribution in [3.05, 3.63) is 11.3 Å². The summed E-state index contributed by atoms with van der Waals surface area (Å²) < 4.78 is 2.37. The highest BCUT2D eigenvalue weighted by Crippen LogP contribution is 2.30. The van der Waals surface area contributed by atoms with Gasteiger partial charge in [-0.05, 0) is 32.6 Å². The van der Waals surface area contributed by atoms with Crippen LogP contribution in [0.3, 0.4) is 0 Å². The molecule has 0 atom stereocenters. The molecule has 92 valence electrons. The lowest BCUT2D eigenvalue weighted by Gasteiger charge is -2.39. The lowest BCUT2D eigenvalue weighted by molar-refractivity contribution is -0.133. The average Bonchev–Trinajstić information content (AvgIpc) is 2.17. The third-order valence-electron chi connectivity index (χ3n) is 3.15. The fourth-order valence-electron chi connectivity index (χ4n) is 2.49. The highest BCUT2D eigenvalue weighted by molar-refractivity contribution is 6.73. The van der Waals surface area contributed by atoms with E-state index in [0.717, 1.165) is 37.9 Å². The minimum absolute atomic E-state index is 0.663. The van der Waals surface area contributed by atoms with E-state index in [0.29, 0.717) is 5.57 Å². The number of allylic oxidation sites excluding steroid dienone is 1. The largest absolute Gasteiger partial charge is 0.478 e. The molecule has 0 spiro atoms. The predicted molar refractivity (Wildman–Crippen MR) is 68.9 cm³/mol. The molecule has 0 saturated carbocycles. The molecular formula is C12H23NO2Si. The Kier molecular flexibility index (Phi) is 4.19. The van der Waals surface area contributed by atoms with Gasteiger partial charge in [0.2, 0.25) is 0 Å². The summed E-state index contributed by atoms with van der Waals surface area (Å²) in [5.74, 6) is -0.716. The SMILES string of the molecule is CCN(C1=C(C(=O)O)CCCC1)[Si](C)(C)C. The second-order valence-corrected chi connectivity index (χ2v) is 10.2. The van der Waals surface area contributed by atoms with Crippen molar-refractivity contribution in [3.8, 4) is 0 Å². The first-order valence-corrected chi connectivity index (χ1v) is 9.55. The Balaban J connectivity index is 3.09. The summed E-state index contributed by atoms with van der Waals surface area (Å²) in [5.41, 5.74) is 1.77. The van der Waals surface area contributed by atoms with Gasteiger partial charge in [-0.25, -0.2) is 4.79 Å². The van der Waals surface area contributed by atoms with Crippen LogP contribution in [0.4, 0.5) is 0 Å². The summed E-state index contributed by atoms with van der Waals surface area (Å²) in [6.45, 7) is 9.88. The highest BCUT2D eigenvalue weighted by atomic mass is 28.3. The fourth-order valence-corrected chi connectivity index (χ4v) is 4.49. The van der Waals surface area contributed by atoms with E-state index >= 15 is 0 Å². The highest BCUT2D eigenvalue weighted by Gasteiger charge is 2.29. The third-order valence-corrected chi connectivity index (χ3v) is 5.35. The Labute approximate surface area is 99.2 Å². The van der Waals surface area contributed by atoms with Crippen LogP contribution in [0.1, 0.15) is 32.6 Å². The van der Waals surface area contributed by atoms with Crippen molar-refractivity contribution in [1.82, 2.24) is 4.57 Å². The Morgan fingerprint density at radius 2 is 1.88 bits per heavy atom. The van der Waals surface area contributed by atoms with Crippen LogP contribution in [0.15, 0.2) is 11.3 Å². The normalized spacial score (nSPS) is 17.5. The van der Waals surface area contributed by atoms with Gasteiger partial charge < -0.3 is 9.67 Å². The van der Waals surface area contributed by atoms with Gasteiger partial charge in [-0.2, -0.15) is 0 Å². The molecule has 1 aliphatic rings. The van der Waals surface area contributed by atoms with Gasteiger partial charge in [-0.3, -0.25) is 0 Å². The van der Waals surface area contributed by atoms with Crippen molar-refractivity contribution in [3.63, 3.8) is 0 Å². The van der Waals surface area contributed by atoms with Crippen molar-refractivity contribution in [1.29, 1.82) is 0 Å². The molecule has 16 heavy (non-hydrogen) atoms. The summed E-state index contributed by atoms with van der Waals surface area (Å²) in [6, 6.07) is 0. The molecule has 0 saturated heterocycles. The Morgan fingerprint density at radius 3 is 2.31 bits per heavy atom.